The van der Waals surface area contributed by atoms with Gasteiger partial charge in [-0.15, -0.1) is 0 Å². The van der Waals surface area contributed by atoms with Gasteiger partial charge < -0.3 is 0 Å². The largest absolute Gasteiger partial charge is 0.285 e. The minimum Gasteiger partial charge on any atom is -0.267 e. The van der Waals surface area contributed by atoms with Gasteiger partial charge in [0, 0.05) is 10.7 Å². The standard InChI is InChI=1S/C16H10BrN3O2S2/c17-12-7-2-1-6-11(12)14(21)19-20-15(22)13(24-16(20)23)9-10-5-3-4-8-18-10/h1-9H,(H,19,21). The summed E-state index contributed by atoms with van der Waals surface area (Å²) in [6.07, 6.45) is 3.28. The summed E-state index contributed by atoms with van der Waals surface area (Å²) in [5, 5.41) is 1.08. The number of hydrogen-bond donors (Lipinski definition) is 1. The Kier molecular flexibility index (Phi) is 5.08. The van der Waals surface area contributed by atoms with Crippen LogP contribution in [0.25, 0.3) is 6.08 Å². The van der Waals surface area contributed by atoms with Crippen LogP contribution in [-0.2, 0) is 4.79 Å². The lowest BCUT2D eigenvalue weighted by Gasteiger charge is -2.16. The van der Waals surface area contributed by atoms with Crippen molar-refractivity contribution in [3.63, 3.8) is 0 Å². The molecule has 0 unspecified atom stereocenters. The predicted molar refractivity (Wildman–Crippen MR) is 101 cm³/mol. The number of rotatable bonds is 3. The molecule has 0 saturated carbocycles. The Labute approximate surface area is 156 Å². The summed E-state index contributed by atoms with van der Waals surface area (Å²) >= 11 is 9.62. The van der Waals surface area contributed by atoms with E-state index < -0.39 is 5.91 Å². The SMILES string of the molecule is O=C(NN1C(=O)C(=Cc2ccccn2)SC1=S)c1ccccc1Br. The molecule has 1 aliphatic heterocycles. The van der Waals surface area contributed by atoms with Gasteiger partial charge in [-0.25, -0.2) is 0 Å². The molecular weight excluding hydrogens is 410 g/mol. The van der Waals surface area contributed by atoms with E-state index in [4.69, 9.17) is 12.2 Å². The summed E-state index contributed by atoms with van der Waals surface area (Å²) in [6.45, 7) is 0. The fourth-order valence-corrected chi connectivity index (χ4v) is 3.60. The highest BCUT2D eigenvalue weighted by molar-refractivity contribution is 9.10. The number of pyridine rings is 1. The zero-order valence-corrected chi connectivity index (χ0v) is 15.3. The first-order chi connectivity index (χ1) is 11.6. The number of amides is 2. The number of nitrogens with zero attached hydrogens (tertiary/aromatic N) is 2. The van der Waals surface area contributed by atoms with Crippen molar-refractivity contribution in [2.45, 2.75) is 0 Å². The Bertz CT molecular complexity index is 855. The van der Waals surface area contributed by atoms with E-state index in [2.05, 4.69) is 26.3 Å². The molecule has 0 spiro atoms. The van der Waals surface area contributed by atoms with Gasteiger partial charge >= 0.3 is 0 Å². The van der Waals surface area contributed by atoms with Gasteiger partial charge in [-0.1, -0.05) is 30.0 Å². The number of carbonyl (C=O) groups is 2. The first-order valence-electron chi connectivity index (χ1n) is 6.81. The second-order valence-corrected chi connectivity index (χ2v) is 7.22. The second-order valence-electron chi connectivity index (χ2n) is 4.69. The molecule has 0 radical (unpaired) electrons. The van der Waals surface area contributed by atoms with Crippen LogP contribution in [0, 0.1) is 0 Å². The van der Waals surface area contributed by atoms with Crippen LogP contribution in [0.15, 0.2) is 58.0 Å². The third-order valence-electron chi connectivity index (χ3n) is 3.09. The van der Waals surface area contributed by atoms with Gasteiger partial charge in [-0.3, -0.25) is 20.0 Å². The van der Waals surface area contributed by atoms with Gasteiger partial charge in [0.15, 0.2) is 4.32 Å². The van der Waals surface area contributed by atoms with Crippen LogP contribution < -0.4 is 5.43 Å². The first-order valence-corrected chi connectivity index (χ1v) is 8.82. The van der Waals surface area contributed by atoms with E-state index >= 15 is 0 Å². The molecule has 0 atom stereocenters. The number of hydrazine groups is 1. The van der Waals surface area contributed by atoms with Crippen LogP contribution in [-0.4, -0.2) is 26.1 Å². The molecule has 1 aromatic heterocycles. The highest BCUT2D eigenvalue weighted by atomic mass is 79.9. The summed E-state index contributed by atoms with van der Waals surface area (Å²) < 4.78 is 0.902. The summed E-state index contributed by atoms with van der Waals surface area (Å²) in [6, 6.07) is 12.4. The van der Waals surface area contributed by atoms with E-state index in [1.54, 1.807) is 48.7 Å². The zero-order valence-electron chi connectivity index (χ0n) is 12.1. The van der Waals surface area contributed by atoms with Crippen molar-refractivity contribution in [2.24, 2.45) is 0 Å². The van der Waals surface area contributed by atoms with E-state index in [0.717, 1.165) is 16.8 Å². The molecule has 2 heterocycles. The zero-order chi connectivity index (χ0) is 17.1. The van der Waals surface area contributed by atoms with Crippen molar-refractivity contribution in [3.05, 3.63) is 69.3 Å². The molecule has 8 heteroatoms. The van der Waals surface area contributed by atoms with Gasteiger partial charge in [0.05, 0.1) is 16.2 Å². The van der Waals surface area contributed by atoms with Crippen molar-refractivity contribution < 1.29 is 9.59 Å². The van der Waals surface area contributed by atoms with Crippen LogP contribution >= 0.6 is 39.9 Å². The number of carbonyl (C=O) groups excluding carboxylic acids is 2. The maximum absolute atomic E-state index is 12.5. The normalized spacial score (nSPS) is 15.9. The number of benzene rings is 1. The predicted octanol–water partition coefficient (Wildman–Crippen LogP) is 3.39. The molecule has 1 N–H and O–H groups in total. The second kappa shape index (κ2) is 7.25. The monoisotopic (exact) mass is 419 g/mol. The fourth-order valence-electron chi connectivity index (χ4n) is 1.97. The number of thioether (sulfide) groups is 1. The molecule has 24 heavy (non-hydrogen) atoms. The van der Waals surface area contributed by atoms with Crippen molar-refractivity contribution in [3.8, 4) is 0 Å². The molecule has 1 fully saturated rings. The van der Waals surface area contributed by atoms with Crippen LogP contribution in [0.2, 0.25) is 0 Å². The van der Waals surface area contributed by atoms with E-state index in [1.165, 1.54) is 0 Å². The number of nitrogens with one attached hydrogen (secondary N) is 1. The number of aromatic nitrogens is 1. The Balaban J connectivity index is 1.79. The quantitative estimate of drug-likeness (QED) is 0.610. The third kappa shape index (κ3) is 3.55. The summed E-state index contributed by atoms with van der Waals surface area (Å²) in [7, 11) is 0. The van der Waals surface area contributed by atoms with E-state index in [-0.39, 0.29) is 10.2 Å². The summed E-state index contributed by atoms with van der Waals surface area (Å²) in [5.41, 5.74) is 3.61. The average Bonchev–Trinajstić information content (AvgIpc) is 2.83. The minimum absolute atomic E-state index is 0.266. The smallest absolute Gasteiger partial charge is 0.267 e. The molecule has 5 nitrogen and oxygen atoms in total. The molecule has 0 bridgehead atoms. The van der Waals surface area contributed by atoms with Crippen molar-refractivity contribution >= 4 is 62.1 Å². The van der Waals surface area contributed by atoms with Gasteiger partial charge in [0.25, 0.3) is 11.8 Å². The van der Waals surface area contributed by atoms with E-state index in [1.807, 2.05) is 6.07 Å². The average molecular weight is 420 g/mol. The molecule has 0 aliphatic carbocycles. The minimum atomic E-state index is -0.419. The van der Waals surface area contributed by atoms with Gasteiger partial charge in [0.2, 0.25) is 0 Å². The van der Waals surface area contributed by atoms with Crippen molar-refractivity contribution in [2.75, 3.05) is 0 Å². The van der Waals surface area contributed by atoms with E-state index in [0.29, 0.717) is 20.6 Å². The topological polar surface area (TPSA) is 62.3 Å². The van der Waals surface area contributed by atoms with Crippen LogP contribution in [0.4, 0.5) is 0 Å². The molecule has 1 saturated heterocycles. The number of halogens is 1. The molecule has 1 aliphatic rings. The molecular formula is C16H10BrN3O2S2. The Hall–Kier alpha value is -2.03. The molecule has 2 aromatic rings. The van der Waals surface area contributed by atoms with Gasteiger partial charge in [-0.05, 0) is 58.5 Å². The Morgan fingerprint density at radius 1 is 1.25 bits per heavy atom. The molecule has 2 amide bonds. The fraction of sp³-hybridized carbons (Fsp3) is 0. The summed E-state index contributed by atoms with van der Waals surface area (Å²) in [5.74, 6) is -0.797. The van der Waals surface area contributed by atoms with Crippen LogP contribution in [0.5, 0.6) is 0 Å². The number of hydrogen-bond acceptors (Lipinski definition) is 5. The first kappa shape index (κ1) is 16.8. The lowest BCUT2D eigenvalue weighted by molar-refractivity contribution is -0.123. The third-order valence-corrected chi connectivity index (χ3v) is 5.09. The van der Waals surface area contributed by atoms with Gasteiger partial charge in [-0.2, -0.15) is 5.01 Å². The maximum Gasteiger partial charge on any atom is 0.285 e. The molecule has 3 rings (SSSR count). The van der Waals surface area contributed by atoms with Crippen molar-refractivity contribution in [1.82, 2.24) is 15.4 Å². The highest BCUT2D eigenvalue weighted by Crippen LogP contribution is 2.31. The number of thiocarbonyl (C=S) groups is 1. The lowest BCUT2D eigenvalue weighted by atomic mass is 10.2. The van der Waals surface area contributed by atoms with Crippen molar-refractivity contribution in [1.29, 1.82) is 0 Å². The highest BCUT2D eigenvalue weighted by Gasteiger charge is 2.34. The summed E-state index contributed by atoms with van der Waals surface area (Å²) in [4.78, 5) is 29.4. The van der Waals surface area contributed by atoms with E-state index in [9.17, 15) is 9.59 Å². The molecule has 1 aromatic carbocycles. The lowest BCUT2D eigenvalue weighted by Crippen LogP contribution is -2.44. The van der Waals surface area contributed by atoms with Crippen LogP contribution in [0.1, 0.15) is 16.1 Å². The molecule has 120 valence electrons. The van der Waals surface area contributed by atoms with Gasteiger partial charge in [0.1, 0.15) is 0 Å². The van der Waals surface area contributed by atoms with Crippen LogP contribution in [0.3, 0.4) is 0 Å². The maximum atomic E-state index is 12.5. The Morgan fingerprint density at radius 2 is 2.00 bits per heavy atom. The Morgan fingerprint density at radius 3 is 2.71 bits per heavy atom.